The van der Waals surface area contributed by atoms with Crippen molar-refractivity contribution in [3.8, 4) is 0 Å². The molecule has 0 bridgehead atoms. The molecule has 96 valence electrons. The van der Waals surface area contributed by atoms with Crippen LogP contribution in [0, 0.1) is 11.8 Å². The third kappa shape index (κ3) is 3.74. The van der Waals surface area contributed by atoms with Crippen molar-refractivity contribution in [1.82, 2.24) is 5.32 Å². The highest BCUT2D eigenvalue weighted by Gasteiger charge is 2.32. The fraction of sp³-hybridized carbons (Fsp3) is 1.00. The molecule has 0 aliphatic heterocycles. The zero-order valence-corrected chi connectivity index (χ0v) is 11.3. The summed E-state index contributed by atoms with van der Waals surface area (Å²) in [6, 6.07) is 0. The van der Waals surface area contributed by atoms with Crippen molar-refractivity contribution in [3.05, 3.63) is 0 Å². The van der Waals surface area contributed by atoms with Crippen molar-refractivity contribution in [3.63, 3.8) is 0 Å². The van der Waals surface area contributed by atoms with E-state index in [2.05, 4.69) is 26.1 Å². The van der Waals surface area contributed by atoms with Gasteiger partial charge in [0.15, 0.2) is 0 Å². The van der Waals surface area contributed by atoms with E-state index < -0.39 is 0 Å². The van der Waals surface area contributed by atoms with Crippen molar-refractivity contribution in [1.29, 1.82) is 0 Å². The van der Waals surface area contributed by atoms with Gasteiger partial charge in [0.05, 0.1) is 6.61 Å². The molecule has 1 fully saturated rings. The number of aliphatic hydroxyl groups excluding tert-OH is 1. The molecule has 0 aromatic carbocycles. The highest BCUT2D eigenvalue weighted by atomic mass is 16.3. The van der Waals surface area contributed by atoms with E-state index in [9.17, 15) is 5.11 Å². The SMILES string of the molecule is CCCNC1(CO)CCCC(C(C)C)CC1. The largest absolute Gasteiger partial charge is 0.394 e. The summed E-state index contributed by atoms with van der Waals surface area (Å²) in [6.07, 6.45) is 7.32. The lowest BCUT2D eigenvalue weighted by Crippen LogP contribution is -2.48. The molecular formula is C14H29NO. The molecule has 1 aliphatic carbocycles. The first-order chi connectivity index (χ1) is 7.63. The summed E-state index contributed by atoms with van der Waals surface area (Å²) in [6.45, 7) is 8.18. The van der Waals surface area contributed by atoms with Crippen LogP contribution in [0.2, 0.25) is 0 Å². The van der Waals surface area contributed by atoms with Crippen LogP contribution in [0.15, 0.2) is 0 Å². The van der Waals surface area contributed by atoms with Crippen molar-refractivity contribution >= 4 is 0 Å². The summed E-state index contributed by atoms with van der Waals surface area (Å²) in [5.74, 6) is 1.65. The Hall–Kier alpha value is -0.0800. The number of hydrogen-bond donors (Lipinski definition) is 2. The average Bonchev–Trinajstić information content (AvgIpc) is 2.49. The molecule has 0 spiro atoms. The Morgan fingerprint density at radius 1 is 1.31 bits per heavy atom. The number of hydrogen-bond acceptors (Lipinski definition) is 2. The van der Waals surface area contributed by atoms with Crippen LogP contribution in [0.1, 0.15) is 59.3 Å². The summed E-state index contributed by atoms with van der Waals surface area (Å²) >= 11 is 0. The monoisotopic (exact) mass is 227 g/mol. The van der Waals surface area contributed by atoms with Crippen LogP contribution in [0.4, 0.5) is 0 Å². The molecule has 2 N–H and O–H groups in total. The Morgan fingerprint density at radius 3 is 2.62 bits per heavy atom. The van der Waals surface area contributed by atoms with Crippen LogP contribution in [0.5, 0.6) is 0 Å². The third-order valence-corrected chi connectivity index (χ3v) is 4.22. The zero-order valence-electron chi connectivity index (χ0n) is 11.3. The van der Waals surface area contributed by atoms with Crippen LogP contribution in [0.25, 0.3) is 0 Å². The molecule has 1 saturated carbocycles. The molecule has 1 rings (SSSR count). The normalized spacial score (nSPS) is 31.7. The van der Waals surface area contributed by atoms with Crippen LogP contribution in [0.3, 0.4) is 0 Å². The molecule has 0 heterocycles. The van der Waals surface area contributed by atoms with Gasteiger partial charge in [-0.15, -0.1) is 0 Å². The minimum absolute atomic E-state index is 0.0274. The Morgan fingerprint density at radius 2 is 2.06 bits per heavy atom. The fourth-order valence-electron chi connectivity index (χ4n) is 2.88. The third-order valence-electron chi connectivity index (χ3n) is 4.22. The molecule has 1 aliphatic rings. The predicted octanol–water partition coefficient (Wildman–Crippen LogP) is 2.95. The number of aliphatic hydroxyl groups is 1. The summed E-state index contributed by atoms with van der Waals surface area (Å²) < 4.78 is 0. The molecule has 0 aromatic rings. The summed E-state index contributed by atoms with van der Waals surface area (Å²) in [5, 5.41) is 13.2. The minimum atomic E-state index is 0.0274. The van der Waals surface area contributed by atoms with E-state index in [1.54, 1.807) is 0 Å². The van der Waals surface area contributed by atoms with E-state index in [0.29, 0.717) is 6.61 Å². The van der Waals surface area contributed by atoms with Crippen LogP contribution in [-0.4, -0.2) is 23.8 Å². The van der Waals surface area contributed by atoms with E-state index in [-0.39, 0.29) is 5.54 Å². The van der Waals surface area contributed by atoms with Gasteiger partial charge >= 0.3 is 0 Å². The summed E-state index contributed by atoms with van der Waals surface area (Å²) in [4.78, 5) is 0. The lowest BCUT2D eigenvalue weighted by atomic mass is 9.87. The van der Waals surface area contributed by atoms with Gasteiger partial charge in [-0.05, 0) is 44.1 Å². The number of rotatable bonds is 5. The maximum absolute atomic E-state index is 9.66. The van der Waals surface area contributed by atoms with Gasteiger partial charge in [-0.3, -0.25) is 0 Å². The van der Waals surface area contributed by atoms with Crippen molar-refractivity contribution < 1.29 is 5.11 Å². The number of nitrogens with one attached hydrogen (secondary N) is 1. The van der Waals surface area contributed by atoms with Gasteiger partial charge < -0.3 is 10.4 Å². The molecule has 0 radical (unpaired) electrons. The molecule has 2 unspecified atom stereocenters. The second-order valence-electron chi connectivity index (χ2n) is 5.80. The van der Waals surface area contributed by atoms with Gasteiger partial charge in [0.1, 0.15) is 0 Å². The topological polar surface area (TPSA) is 32.3 Å². The molecule has 0 amide bonds. The second kappa shape index (κ2) is 6.61. The van der Waals surface area contributed by atoms with E-state index in [1.807, 2.05) is 0 Å². The first kappa shape index (κ1) is 14.0. The van der Waals surface area contributed by atoms with Crippen molar-refractivity contribution in [2.24, 2.45) is 11.8 Å². The Bertz CT molecular complexity index is 193. The van der Waals surface area contributed by atoms with Crippen LogP contribution in [-0.2, 0) is 0 Å². The Labute approximate surface area is 101 Å². The molecule has 2 nitrogen and oxygen atoms in total. The van der Waals surface area contributed by atoms with Gasteiger partial charge in [0.2, 0.25) is 0 Å². The molecule has 2 heteroatoms. The van der Waals surface area contributed by atoms with E-state index in [0.717, 1.165) is 37.6 Å². The van der Waals surface area contributed by atoms with Crippen molar-refractivity contribution in [2.45, 2.75) is 64.8 Å². The quantitative estimate of drug-likeness (QED) is 0.708. The van der Waals surface area contributed by atoms with Gasteiger partial charge in [-0.1, -0.05) is 33.6 Å². The molecule has 16 heavy (non-hydrogen) atoms. The first-order valence-electron chi connectivity index (χ1n) is 6.99. The summed E-state index contributed by atoms with van der Waals surface area (Å²) in [7, 11) is 0. The first-order valence-corrected chi connectivity index (χ1v) is 6.99. The van der Waals surface area contributed by atoms with Gasteiger partial charge in [0, 0.05) is 5.54 Å². The lowest BCUT2D eigenvalue weighted by molar-refractivity contribution is 0.142. The highest BCUT2D eigenvalue weighted by Crippen LogP contribution is 2.33. The van der Waals surface area contributed by atoms with Gasteiger partial charge in [0.25, 0.3) is 0 Å². The standard InChI is InChI=1S/C14H29NO/c1-4-10-15-14(11-16)8-5-6-13(7-9-14)12(2)3/h12-13,15-16H,4-11H2,1-3H3. The molecule has 0 saturated heterocycles. The second-order valence-corrected chi connectivity index (χ2v) is 5.80. The lowest BCUT2D eigenvalue weighted by Gasteiger charge is -2.32. The average molecular weight is 227 g/mol. The smallest absolute Gasteiger partial charge is 0.0613 e. The molecular weight excluding hydrogens is 198 g/mol. The van der Waals surface area contributed by atoms with Gasteiger partial charge in [-0.2, -0.15) is 0 Å². The van der Waals surface area contributed by atoms with E-state index in [4.69, 9.17) is 0 Å². The van der Waals surface area contributed by atoms with Gasteiger partial charge in [-0.25, -0.2) is 0 Å². The Kier molecular flexibility index (Phi) is 5.77. The minimum Gasteiger partial charge on any atom is -0.394 e. The highest BCUT2D eigenvalue weighted by molar-refractivity contribution is 4.90. The van der Waals surface area contributed by atoms with Crippen LogP contribution < -0.4 is 5.32 Å². The van der Waals surface area contributed by atoms with Crippen LogP contribution >= 0.6 is 0 Å². The predicted molar refractivity (Wildman–Crippen MR) is 69.5 cm³/mol. The maximum atomic E-state index is 9.66. The summed E-state index contributed by atoms with van der Waals surface area (Å²) in [5.41, 5.74) is 0.0274. The zero-order chi connectivity index (χ0) is 12.0. The molecule has 2 atom stereocenters. The molecule has 0 aromatic heterocycles. The van der Waals surface area contributed by atoms with Crippen molar-refractivity contribution in [2.75, 3.05) is 13.2 Å². The van der Waals surface area contributed by atoms with E-state index in [1.165, 1.54) is 19.3 Å². The fourth-order valence-corrected chi connectivity index (χ4v) is 2.88. The van der Waals surface area contributed by atoms with E-state index >= 15 is 0 Å². The maximum Gasteiger partial charge on any atom is 0.0613 e. The Balaban J connectivity index is 2.53.